The van der Waals surface area contributed by atoms with Crippen LogP contribution in [0.1, 0.15) is 31.8 Å². The van der Waals surface area contributed by atoms with Gasteiger partial charge in [0.1, 0.15) is 0 Å². The maximum Gasteiger partial charge on any atom is 0.335 e. The number of carbonyl (C=O) groups is 2. The van der Waals surface area contributed by atoms with E-state index >= 15 is 0 Å². The zero-order valence-corrected chi connectivity index (χ0v) is 13.3. The first-order valence-corrected chi connectivity index (χ1v) is 7.22. The van der Waals surface area contributed by atoms with E-state index < -0.39 is 11.9 Å². The molecular formula is C16H12N6O4. The van der Waals surface area contributed by atoms with Gasteiger partial charge < -0.3 is 10.2 Å². The summed E-state index contributed by atoms with van der Waals surface area (Å²) >= 11 is 0. The van der Waals surface area contributed by atoms with E-state index in [4.69, 9.17) is 16.2 Å². The molecule has 0 heterocycles. The molecule has 2 N–H and O–H groups in total. The van der Waals surface area contributed by atoms with E-state index in [1.54, 1.807) is 18.2 Å². The number of nitrogens with zero attached hydrogens (tertiary/aromatic N) is 6. The van der Waals surface area contributed by atoms with Crippen LogP contribution in [0.3, 0.4) is 0 Å². The molecule has 0 bridgehead atoms. The first kappa shape index (κ1) is 18.3. The van der Waals surface area contributed by atoms with E-state index in [-0.39, 0.29) is 24.2 Å². The number of carboxylic acid groups (broad SMARTS) is 2. The van der Waals surface area contributed by atoms with E-state index in [1.807, 2.05) is 0 Å². The summed E-state index contributed by atoms with van der Waals surface area (Å²) in [7, 11) is 0. The molecule has 0 aliphatic rings. The SMILES string of the molecule is [N-]=[N+]=NCc1cc(-c2ccc(C(=O)O)cc2CN=[N+]=[N-])ccc1C(=O)O. The summed E-state index contributed by atoms with van der Waals surface area (Å²) in [6.07, 6.45) is 0. The Balaban J connectivity index is 2.62. The van der Waals surface area contributed by atoms with Gasteiger partial charge in [-0.05, 0) is 51.5 Å². The van der Waals surface area contributed by atoms with Crippen LogP contribution in [0.4, 0.5) is 0 Å². The smallest absolute Gasteiger partial charge is 0.335 e. The van der Waals surface area contributed by atoms with Crippen LogP contribution in [0.25, 0.3) is 32.0 Å². The number of benzene rings is 2. The molecule has 0 saturated carbocycles. The molecule has 0 fully saturated rings. The van der Waals surface area contributed by atoms with E-state index in [1.165, 1.54) is 18.2 Å². The van der Waals surface area contributed by atoms with Crippen molar-refractivity contribution >= 4 is 11.9 Å². The number of rotatable bonds is 7. The molecule has 0 amide bonds. The quantitative estimate of drug-likeness (QED) is 0.428. The van der Waals surface area contributed by atoms with Crippen molar-refractivity contribution < 1.29 is 19.8 Å². The lowest BCUT2D eigenvalue weighted by Gasteiger charge is -2.12. The molecule has 0 aromatic heterocycles. The second-order valence-corrected chi connectivity index (χ2v) is 5.13. The minimum atomic E-state index is -1.16. The summed E-state index contributed by atoms with van der Waals surface area (Å²) in [5.41, 5.74) is 19.0. The fourth-order valence-electron chi connectivity index (χ4n) is 2.46. The molecule has 10 heteroatoms. The average Bonchev–Trinajstić information content (AvgIpc) is 2.63. The van der Waals surface area contributed by atoms with Gasteiger partial charge in [-0.15, -0.1) is 0 Å². The van der Waals surface area contributed by atoms with Crippen molar-refractivity contribution in [3.8, 4) is 11.1 Å². The number of carboxylic acids is 2. The van der Waals surface area contributed by atoms with Crippen LogP contribution in [0, 0.1) is 0 Å². The van der Waals surface area contributed by atoms with Crippen LogP contribution in [0.5, 0.6) is 0 Å². The standard InChI is InChI=1S/C16H12N6O4/c17-21-19-7-11-6-10(15(23)24)2-3-13(11)9-1-4-14(16(25)26)12(5-9)8-20-22-18/h1-6H,7-8H2,(H,23,24)(H,25,26). The average molecular weight is 352 g/mol. The first-order valence-electron chi connectivity index (χ1n) is 7.22. The van der Waals surface area contributed by atoms with Gasteiger partial charge in [0.25, 0.3) is 0 Å². The summed E-state index contributed by atoms with van der Waals surface area (Å²) in [4.78, 5) is 27.8. The van der Waals surface area contributed by atoms with Gasteiger partial charge in [0.15, 0.2) is 0 Å². The van der Waals surface area contributed by atoms with E-state index in [9.17, 15) is 14.7 Å². The number of azide groups is 2. The maximum atomic E-state index is 11.3. The van der Waals surface area contributed by atoms with Crippen molar-refractivity contribution in [2.45, 2.75) is 13.1 Å². The molecule has 2 aromatic rings. The van der Waals surface area contributed by atoms with E-state index in [0.717, 1.165) is 0 Å². The Morgan fingerprint density at radius 1 is 0.885 bits per heavy atom. The first-order chi connectivity index (χ1) is 12.5. The highest BCUT2D eigenvalue weighted by molar-refractivity contribution is 5.91. The lowest BCUT2D eigenvalue weighted by atomic mass is 9.94. The molecule has 0 aliphatic carbocycles. The van der Waals surface area contributed by atoms with Gasteiger partial charge in [-0.3, -0.25) is 0 Å². The molecule has 0 aliphatic heterocycles. The second kappa shape index (κ2) is 8.20. The minimum Gasteiger partial charge on any atom is -0.478 e. The van der Waals surface area contributed by atoms with E-state index in [0.29, 0.717) is 22.3 Å². The Morgan fingerprint density at radius 2 is 1.54 bits per heavy atom. The Bertz CT molecular complexity index is 975. The molecule has 2 aromatic carbocycles. The highest BCUT2D eigenvalue weighted by atomic mass is 16.4. The number of hydrogen-bond acceptors (Lipinski definition) is 4. The molecule has 0 saturated heterocycles. The van der Waals surface area contributed by atoms with Crippen LogP contribution >= 0.6 is 0 Å². The summed E-state index contributed by atoms with van der Waals surface area (Å²) in [5.74, 6) is -2.28. The third-order valence-corrected chi connectivity index (χ3v) is 3.61. The number of hydrogen-bond donors (Lipinski definition) is 2. The van der Waals surface area contributed by atoms with Gasteiger partial charge in [0.05, 0.1) is 24.2 Å². The van der Waals surface area contributed by atoms with Gasteiger partial charge in [0.2, 0.25) is 0 Å². The van der Waals surface area contributed by atoms with Crippen LogP contribution < -0.4 is 0 Å². The minimum absolute atomic E-state index is 0.0000909. The van der Waals surface area contributed by atoms with Crippen molar-refractivity contribution in [1.29, 1.82) is 0 Å². The van der Waals surface area contributed by atoms with Crippen molar-refractivity contribution in [2.24, 2.45) is 10.2 Å². The van der Waals surface area contributed by atoms with Crippen LogP contribution in [0.2, 0.25) is 0 Å². The van der Waals surface area contributed by atoms with Crippen LogP contribution in [-0.2, 0) is 13.1 Å². The van der Waals surface area contributed by atoms with Gasteiger partial charge in [-0.1, -0.05) is 28.4 Å². The second-order valence-electron chi connectivity index (χ2n) is 5.13. The zero-order valence-electron chi connectivity index (χ0n) is 13.3. The third kappa shape index (κ3) is 4.09. The zero-order chi connectivity index (χ0) is 19.1. The largest absolute Gasteiger partial charge is 0.478 e. The predicted octanol–water partition coefficient (Wildman–Crippen LogP) is 4.37. The summed E-state index contributed by atoms with van der Waals surface area (Å²) in [6.45, 7) is -0.218. The highest BCUT2D eigenvalue weighted by Gasteiger charge is 2.14. The Morgan fingerprint density at radius 3 is 2.12 bits per heavy atom. The molecule has 0 atom stereocenters. The molecule has 0 unspecified atom stereocenters. The molecule has 2 rings (SSSR count). The Kier molecular flexibility index (Phi) is 5.79. The molecule has 130 valence electrons. The van der Waals surface area contributed by atoms with Gasteiger partial charge in [-0.2, -0.15) is 0 Å². The molecule has 10 nitrogen and oxygen atoms in total. The third-order valence-electron chi connectivity index (χ3n) is 3.61. The van der Waals surface area contributed by atoms with Crippen LogP contribution in [-0.4, -0.2) is 22.2 Å². The predicted molar refractivity (Wildman–Crippen MR) is 91.5 cm³/mol. The fraction of sp³-hybridized carbons (Fsp3) is 0.125. The summed E-state index contributed by atoms with van der Waals surface area (Å²) < 4.78 is 0. The normalized spacial score (nSPS) is 9.69. The topological polar surface area (TPSA) is 172 Å². The molecule has 0 spiro atoms. The van der Waals surface area contributed by atoms with Gasteiger partial charge >= 0.3 is 11.9 Å². The van der Waals surface area contributed by atoms with Gasteiger partial charge in [0, 0.05) is 9.82 Å². The summed E-state index contributed by atoms with van der Waals surface area (Å²) in [5, 5.41) is 25.2. The molecule has 26 heavy (non-hydrogen) atoms. The summed E-state index contributed by atoms with van der Waals surface area (Å²) in [6, 6.07) is 8.83. The monoisotopic (exact) mass is 352 g/mol. The van der Waals surface area contributed by atoms with Crippen molar-refractivity contribution in [3.63, 3.8) is 0 Å². The van der Waals surface area contributed by atoms with Crippen molar-refractivity contribution in [3.05, 3.63) is 79.5 Å². The van der Waals surface area contributed by atoms with Crippen LogP contribution in [0.15, 0.2) is 46.6 Å². The molecular weight excluding hydrogens is 340 g/mol. The van der Waals surface area contributed by atoms with Crippen molar-refractivity contribution in [2.75, 3.05) is 0 Å². The Labute approximate surface area is 146 Å². The lowest BCUT2D eigenvalue weighted by molar-refractivity contribution is 0.0685. The fourth-order valence-corrected chi connectivity index (χ4v) is 2.46. The van der Waals surface area contributed by atoms with Crippen molar-refractivity contribution in [1.82, 2.24) is 0 Å². The molecule has 0 radical (unpaired) electrons. The number of aromatic carboxylic acids is 2. The Hall–Kier alpha value is -4.00. The maximum absolute atomic E-state index is 11.3. The van der Waals surface area contributed by atoms with E-state index in [2.05, 4.69) is 20.1 Å². The lowest BCUT2D eigenvalue weighted by Crippen LogP contribution is -2.03. The highest BCUT2D eigenvalue weighted by Crippen LogP contribution is 2.28. The van der Waals surface area contributed by atoms with Gasteiger partial charge in [-0.25, -0.2) is 9.59 Å².